The number of carboxylic acids is 1. The number of aromatic carboxylic acids is 1. The van der Waals surface area contributed by atoms with E-state index in [1.54, 1.807) is 6.07 Å². The fourth-order valence-electron chi connectivity index (χ4n) is 2.64. The number of carbonyl (C=O) groups is 1. The van der Waals surface area contributed by atoms with Crippen molar-refractivity contribution in [2.75, 3.05) is 18.0 Å². The summed E-state index contributed by atoms with van der Waals surface area (Å²) in [4.78, 5) is 13.5. The quantitative estimate of drug-likeness (QED) is 0.893. The van der Waals surface area contributed by atoms with Gasteiger partial charge < -0.3 is 10.0 Å². The van der Waals surface area contributed by atoms with E-state index in [4.69, 9.17) is 11.6 Å². The topological polar surface area (TPSA) is 40.5 Å². The van der Waals surface area contributed by atoms with Gasteiger partial charge in [0.25, 0.3) is 0 Å². The zero-order valence-electron chi connectivity index (χ0n) is 11.6. The lowest BCUT2D eigenvalue weighted by Crippen LogP contribution is -2.26. The molecule has 0 spiro atoms. The Morgan fingerprint density at radius 1 is 1.42 bits per heavy atom. The zero-order chi connectivity index (χ0) is 14.2. The highest BCUT2D eigenvalue weighted by Gasteiger charge is 2.33. The van der Waals surface area contributed by atoms with E-state index in [1.165, 1.54) is 6.07 Å². The summed E-state index contributed by atoms with van der Waals surface area (Å²) < 4.78 is 0. The van der Waals surface area contributed by atoms with Crippen molar-refractivity contribution in [2.45, 2.75) is 27.2 Å². The molecule has 3 nitrogen and oxygen atoms in total. The monoisotopic (exact) mass is 281 g/mol. The molecule has 0 radical (unpaired) electrons. The number of hydrogen-bond donors (Lipinski definition) is 1. The first-order chi connectivity index (χ1) is 8.79. The molecule has 19 heavy (non-hydrogen) atoms. The molecule has 1 unspecified atom stereocenters. The second-order valence-corrected chi connectivity index (χ2v) is 6.70. The second-order valence-electron chi connectivity index (χ2n) is 6.26. The molecule has 104 valence electrons. The summed E-state index contributed by atoms with van der Waals surface area (Å²) in [6.07, 6.45) is 1.10. The molecule has 0 aromatic heterocycles. The number of halogens is 1. The van der Waals surface area contributed by atoms with Gasteiger partial charge in [-0.25, -0.2) is 4.79 Å². The van der Waals surface area contributed by atoms with Crippen LogP contribution in [0.4, 0.5) is 5.69 Å². The molecule has 0 aliphatic carbocycles. The van der Waals surface area contributed by atoms with Gasteiger partial charge in [-0.05, 0) is 36.0 Å². The minimum atomic E-state index is -0.920. The van der Waals surface area contributed by atoms with E-state index in [-0.39, 0.29) is 5.41 Å². The maximum atomic E-state index is 11.3. The molecule has 1 aliphatic heterocycles. The number of anilines is 1. The van der Waals surface area contributed by atoms with Gasteiger partial charge >= 0.3 is 5.97 Å². The highest BCUT2D eigenvalue weighted by molar-refractivity contribution is 6.31. The maximum Gasteiger partial charge on any atom is 0.337 e. The minimum Gasteiger partial charge on any atom is -0.478 e. The molecule has 1 heterocycles. The number of rotatable bonds is 2. The van der Waals surface area contributed by atoms with E-state index in [9.17, 15) is 9.90 Å². The Labute approximate surface area is 119 Å². The molecule has 1 aromatic rings. The van der Waals surface area contributed by atoms with Crippen LogP contribution in [0.3, 0.4) is 0 Å². The first-order valence-corrected chi connectivity index (χ1v) is 6.94. The Morgan fingerprint density at radius 3 is 2.63 bits per heavy atom. The summed E-state index contributed by atoms with van der Waals surface area (Å²) in [5.74, 6) is -0.332. The van der Waals surface area contributed by atoms with Crippen LogP contribution in [0.15, 0.2) is 18.2 Å². The summed E-state index contributed by atoms with van der Waals surface area (Å²) in [6, 6.07) is 5.11. The third-order valence-corrected chi connectivity index (χ3v) is 4.18. The Bertz CT molecular complexity index is 493. The van der Waals surface area contributed by atoms with Gasteiger partial charge in [0.05, 0.1) is 11.3 Å². The fourth-order valence-corrected chi connectivity index (χ4v) is 2.81. The summed E-state index contributed by atoms with van der Waals surface area (Å²) in [5, 5.41) is 9.76. The van der Waals surface area contributed by atoms with Crippen molar-refractivity contribution in [3.63, 3.8) is 0 Å². The Kier molecular flexibility index (Phi) is 3.77. The molecule has 0 saturated carbocycles. The van der Waals surface area contributed by atoms with Crippen LogP contribution in [0.25, 0.3) is 0 Å². The lowest BCUT2D eigenvalue weighted by atomic mass is 9.80. The molecule has 1 fully saturated rings. The standard InChI is InChI=1S/C15H20ClNO2/c1-15(2,3)10-6-7-17(9-10)13-5-4-11(16)8-12(13)14(18)19/h4-5,8,10H,6-7,9H2,1-3H3,(H,18,19). The predicted octanol–water partition coefficient (Wildman–Crippen LogP) is 3.91. The number of carboxylic acid groups (broad SMARTS) is 1. The zero-order valence-corrected chi connectivity index (χ0v) is 12.4. The molecular weight excluding hydrogens is 262 g/mol. The highest BCUT2D eigenvalue weighted by Crippen LogP contribution is 2.37. The summed E-state index contributed by atoms with van der Waals surface area (Å²) >= 11 is 5.89. The molecule has 1 aliphatic rings. The third-order valence-electron chi connectivity index (χ3n) is 3.94. The van der Waals surface area contributed by atoms with E-state index in [0.717, 1.165) is 25.2 Å². The van der Waals surface area contributed by atoms with E-state index >= 15 is 0 Å². The Morgan fingerprint density at radius 2 is 2.11 bits per heavy atom. The predicted molar refractivity (Wildman–Crippen MR) is 78.2 cm³/mol. The largest absolute Gasteiger partial charge is 0.478 e. The summed E-state index contributed by atoms with van der Waals surface area (Å²) in [7, 11) is 0. The van der Waals surface area contributed by atoms with Gasteiger partial charge in [-0.3, -0.25) is 0 Å². The van der Waals surface area contributed by atoms with Crippen molar-refractivity contribution in [3.8, 4) is 0 Å². The van der Waals surface area contributed by atoms with Gasteiger partial charge in [0.1, 0.15) is 0 Å². The number of benzene rings is 1. The lowest BCUT2D eigenvalue weighted by Gasteiger charge is -2.28. The summed E-state index contributed by atoms with van der Waals surface area (Å²) in [6.45, 7) is 8.53. The average molecular weight is 282 g/mol. The average Bonchev–Trinajstić information content (AvgIpc) is 2.77. The molecule has 2 rings (SSSR count). The van der Waals surface area contributed by atoms with Crippen LogP contribution in [0.2, 0.25) is 5.02 Å². The molecular formula is C15H20ClNO2. The molecule has 1 saturated heterocycles. The van der Waals surface area contributed by atoms with Gasteiger partial charge in [-0.15, -0.1) is 0 Å². The van der Waals surface area contributed by atoms with Crippen molar-refractivity contribution in [3.05, 3.63) is 28.8 Å². The van der Waals surface area contributed by atoms with Crippen molar-refractivity contribution in [1.29, 1.82) is 0 Å². The van der Waals surface area contributed by atoms with Crippen LogP contribution in [0, 0.1) is 11.3 Å². The van der Waals surface area contributed by atoms with Crippen LogP contribution in [0.1, 0.15) is 37.6 Å². The van der Waals surface area contributed by atoms with E-state index in [1.807, 2.05) is 6.07 Å². The molecule has 0 bridgehead atoms. The van der Waals surface area contributed by atoms with Crippen LogP contribution < -0.4 is 4.90 Å². The van der Waals surface area contributed by atoms with E-state index in [0.29, 0.717) is 16.5 Å². The van der Waals surface area contributed by atoms with E-state index < -0.39 is 5.97 Å². The van der Waals surface area contributed by atoms with Crippen LogP contribution >= 0.6 is 11.6 Å². The first-order valence-electron chi connectivity index (χ1n) is 6.57. The molecule has 1 aromatic carbocycles. The normalized spacial score (nSPS) is 19.8. The number of hydrogen-bond acceptors (Lipinski definition) is 2. The smallest absolute Gasteiger partial charge is 0.337 e. The van der Waals surface area contributed by atoms with E-state index in [2.05, 4.69) is 25.7 Å². The summed E-state index contributed by atoms with van der Waals surface area (Å²) in [5.41, 5.74) is 1.33. The molecule has 4 heteroatoms. The van der Waals surface area contributed by atoms with Crippen molar-refractivity contribution >= 4 is 23.3 Å². The molecule has 1 atom stereocenters. The van der Waals surface area contributed by atoms with Crippen molar-refractivity contribution < 1.29 is 9.90 Å². The third kappa shape index (κ3) is 3.03. The van der Waals surface area contributed by atoms with Gasteiger partial charge in [0, 0.05) is 18.1 Å². The second kappa shape index (κ2) is 5.04. The van der Waals surface area contributed by atoms with Crippen molar-refractivity contribution in [1.82, 2.24) is 0 Å². The van der Waals surface area contributed by atoms with Gasteiger partial charge in [-0.1, -0.05) is 32.4 Å². The van der Waals surface area contributed by atoms with Gasteiger partial charge in [0.2, 0.25) is 0 Å². The number of nitrogens with zero attached hydrogens (tertiary/aromatic N) is 1. The maximum absolute atomic E-state index is 11.3. The minimum absolute atomic E-state index is 0.255. The van der Waals surface area contributed by atoms with Crippen LogP contribution in [-0.4, -0.2) is 24.2 Å². The van der Waals surface area contributed by atoms with Gasteiger partial charge in [0.15, 0.2) is 0 Å². The Balaban J connectivity index is 2.27. The fraction of sp³-hybridized carbons (Fsp3) is 0.533. The lowest BCUT2D eigenvalue weighted by molar-refractivity contribution is 0.0697. The highest BCUT2D eigenvalue weighted by atomic mass is 35.5. The first kappa shape index (κ1) is 14.2. The van der Waals surface area contributed by atoms with Crippen LogP contribution in [-0.2, 0) is 0 Å². The van der Waals surface area contributed by atoms with Crippen LogP contribution in [0.5, 0.6) is 0 Å². The van der Waals surface area contributed by atoms with Crippen molar-refractivity contribution in [2.24, 2.45) is 11.3 Å². The molecule has 0 amide bonds. The molecule has 1 N–H and O–H groups in total. The van der Waals surface area contributed by atoms with Gasteiger partial charge in [-0.2, -0.15) is 0 Å². The SMILES string of the molecule is CC(C)(C)C1CCN(c2ccc(Cl)cc2C(=O)O)C1. The Hall–Kier alpha value is -1.22.